The molecule has 1 aromatic rings. The molecule has 0 saturated carbocycles. The summed E-state index contributed by atoms with van der Waals surface area (Å²) in [5, 5.41) is 2.81. The van der Waals surface area contributed by atoms with Crippen molar-refractivity contribution in [3.05, 3.63) is 23.8 Å². The van der Waals surface area contributed by atoms with Crippen molar-refractivity contribution in [3.8, 4) is 11.5 Å². The van der Waals surface area contributed by atoms with Crippen LogP contribution in [0.4, 0.5) is 0 Å². The third kappa shape index (κ3) is 6.59. The van der Waals surface area contributed by atoms with E-state index < -0.39 is 0 Å². The second-order valence-corrected chi connectivity index (χ2v) is 6.44. The van der Waals surface area contributed by atoms with Crippen molar-refractivity contribution in [2.45, 2.75) is 25.7 Å². The van der Waals surface area contributed by atoms with Gasteiger partial charge in [-0.25, -0.2) is 0 Å². The van der Waals surface area contributed by atoms with Gasteiger partial charge in [0, 0.05) is 32.6 Å². The highest BCUT2D eigenvalue weighted by Gasteiger charge is 2.28. The van der Waals surface area contributed by atoms with Gasteiger partial charge in [0.15, 0.2) is 0 Å². The van der Waals surface area contributed by atoms with E-state index in [0.29, 0.717) is 39.0 Å². The van der Waals surface area contributed by atoms with Gasteiger partial charge in [-0.05, 0) is 43.0 Å². The SMILES string of the molecule is COc1ccc(OC)c(CCC(=O)N2CCCC(C(=O)NCCN)C2)c1.Cl. The number of rotatable bonds is 8. The summed E-state index contributed by atoms with van der Waals surface area (Å²) in [6, 6.07) is 5.57. The number of piperidine rings is 1. The van der Waals surface area contributed by atoms with Crippen molar-refractivity contribution in [1.82, 2.24) is 10.2 Å². The molecule has 27 heavy (non-hydrogen) atoms. The minimum atomic E-state index is -0.148. The van der Waals surface area contributed by atoms with Crippen LogP contribution in [0.25, 0.3) is 0 Å². The fourth-order valence-electron chi connectivity index (χ4n) is 3.23. The number of nitrogens with zero attached hydrogens (tertiary/aromatic N) is 1. The molecule has 8 heteroatoms. The van der Waals surface area contributed by atoms with Crippen LogP contribution < -0.4 is 20.5 Å². The summed E-state index contributed by atoms with van der Waals surface area (Å²) in [4.78, 5) is 26.5. The van der Waals surface area contributed by atoms with Crippen LogP contribution in [0.15, 0.2) is 18.2 Å². The molecule has 1 saturated heterocycles. The monoisotopic (exact) mass is 399 g/mol. The average molecular weight is 400 g/mol. The van der Waals surface area contributed by atoms with E-state index in [0.717, 1.165) is 29.9 Å². The number of nitrogens with one attached hydrogen (secondary N) is 1. The molecule has 2 rings (SSSR count). The predicted molar refractivity (Wildman–Crippen MR) is 106 cm³/mol. The summed E-state index contributed by atoms with van der Waals surface area (Å²) in [5.74, 6) is 1.39. The summed E-state index contributed by atoms with van der Waals surface area (Å²) in [7, 11) is 3.22. The molecule has 1 aromatic carbocycles. The van der Waals surface area contributed by atoms with E-state index in [9.17, 15) is 9.59 Å². The molecule has 152 valence electrons. The number of ether oxygens (including phenoxy) is 2. The zero-order chi connectivity index (χ0) is 18.9. The minimum Gasteiger partial charge on any atom is -0.497 e. The number of aryl methyl sites for hydroxylation is 1. The number of hydrogen-bond acceptors (Lipinski definition) is 5. The molecule has 2 amide bonds. The maximum Gasteiger partial charge on any atom is 0.224 e. The minimum absolute atomic E-state index is 0. The smallest absolute Gasteiger partial charge is 0.224 e. The van der Waals surface area contributed by atoms with Crippen molar-refractivity contribution >= 4 is 24.2 Å². The van der Waals surface area contributed by atoms with E-state index in [-0.39, 0.29) is 30.1 Å². The van der Waals surface area contributed by atoms with Crippen LogP contribution in [0.5, 0.6) is 11.5 Å². The van der Waals surface area contributed by atoms with E-state index in [1.165, 1.54) is 0 Å². The van der Waals surface area contributed by atoms with Gasteiger partial charge >= 0.3 is 0 Å². The van der Waals surface area contributed by atoms with Crippen molar-refractivity contribution < 1.29 is 19.1 Å². The Morgan fingerprint density at radius 1 is 1.30 bits per heavy atom. The lowest BCUT2D eigenvalue weighted by Gasteiger charge is -2.32. The number of hydrogen-bond donors (Lipinski definition) is 2. The van der Waals surface area contributed by atoms with Gasteiger partial charge in [-0.15, -0.1) is 12.4 Å². The quantitative estimate of drug-likeness (QED) is 0.688. The molecule has 1 atom stereocenters. The van der Waals surface area contributed by atoms with Gasteiger partial charge in [0.05, 0.1) is 20.1 Å². The number of carbonyl (C=O) groups is 2. The highest BCUT2D eigenvalue weighted by molar-refractivity contribution is 5.85. The lowest BCUT2D eigenvalue weighted by Crippen LogP contribution is -2.46. The van der Waals surface area contributed by atoms with Gasteiger partial charge < -0.3 is 25.4 Å². The fourth-order valence-corrected chi connectivity index (χ4v) is 3.23. The number of halogens is 1. The molecule has 1 aliphatic rings. The van der Waals surface area contributed by atoms with Crippen molar-refractivity contribution in [3.63, 3.8) is 0 Å². The summed E-state index contributed by atoms with van der Waals surface area (Å²) < 4.78 is 10.6. The van der Waals surface area contributed by atoms with Crippen molar-refractivity contribution in [2.75, 3.05) is 40.4 Å². The molecular formula is C19H30ClN3O4. The average Bonchev–Trinajstić information content (AvgIpc) is 2.69. The van der Waals surface area contributed by atoms with Gasteiger partial charge in [-0.2, -0.15) is 0 Å². The largest absolute Gasteiger partial charge is 0.497 e. The summed E-state index contributed by atoms with van der Waals surface area (Å²) in [6.45, 7) is 2.07. The van der Waals surface area contributed by atoms with Crippen LogP contribution in [-0.2, 0) is 16.0 Å². The molecule has 0 radical (unpaired) electrons. The van der Waals surface area contributed by atoms with Gasteiger partial charge in [0.25, 0.3) is 0 Å². The molecule has 1 heterocycles. The third-order valence-electron chi connectivity index (χ3n) is 4.68. The Labute approximate surface area is 167 Å². The third-order valence-corrected chi connectivity index (χ3v) is 4.68. The first-order chi connectivity index (χ1) is 12.6. The zero-order valence-corrected chi connectivity index (χ0v) is 16.8. The fraction of sp³-hybridized carbons (Fsp3) is 0.579. The molecule has 7 nitrogen and oxygen atoms in total. The van der Waals surface area contributed by atoms with Crippen LogP contribution in [0.1, 0.15) is 24.8 Å². The number of likely N-dealkylation sites (tertiary alicyclic amines) is 1. The Balaban J connectivity index is 0.00000364. The molecule has 1 unspecified atom stereocenters. The summed E-state index contributed by atoms with van der Waals surface area (Å²) in [5.41, 5.74) is 6.36. The van der Waals surface area contributed by atoms with Crippen LogP contribution in [0.2, 0.25) is 0 Å². The van der Waals surface area contributed by atoms with Gasteiger partial charge in [0.2, 0.25) is 11.8 Å². The van der Waals surface area contributed by atoms with Crippen molar-refractivity contribution in [1.29, 1.82) is 0 Å². The lowest BCUT2D eigenvalue weighted by atomic mass is 9.96. The molecule has 0 bridgehead atoms. The summed E-state index contributed by atoms with van der Waals surface area (Å²) >= 11 is 0. The first kappa shape index (κ1) is 23.0. The predicted octanol–water partition coefficient (Wildman–Crippen LogP) is 1.37. The van der Waals surface area contributed by atoms with E-state index in [1.807, 2.05) is 18.2 Å². The summed E-state index contributed by atoms with van der Waals surface area (Å²) in [6.07, 6.45) is 2.60. The van der Waals surface area contributed by atoms with Crippen LogP contribution in [0.3, 0.4) is 0 Å². The highest BCUT2D eigenvalue weighted by Crippen LogP contribution is 2.26. The van der Waals surface area contributed by atoms with E-state index in [4.69, 9.17) is 15.2 Å². The maximum absolute atomic E-state index is 12.6. The maximum atomic E-state index is 12.6. The van der Waals surface area contributed by atoms with Crippen LogP contribution in [-0.4, -0.2) is 57.1 Å². The molecule has 0 spiro atoms. The molecule has 0 aromatic heterocycles. The Morgan fingerprint density at radius 2 is 2.07 bits per heavy atom. The lowest BCUT2D eigenvalue weighted by molar-refractivity contribution is -0.135. The van der Waals surface area contributed by atoms with Gasteiger partial charge in [-0.3, -0.25) is 9.59 Å². The van der Waals surface area contributed by atoms with E-state index >= 15 is 0 Å². The van der Waals surface area contributed by atoms with E-state index in [2.05, 4.69) is 5.32 Å². The Morgan fingerprint density at radius 3 is 2.74 bits per heavy atom. The first-order valence-corrected chi connectivity index (χ1v) is 9.05. The number of carbonyl (C=O) groups excluding carboxylic acids is 2. The topological polar surface area (TPSA) is 93.9 Å². The van der Waals surface area contributed by atoms with Crippen LogP contribution in [0, 0.1) is 5.92 Å². The normalized spacial score (nSPS) is 16.3. The van der Waals surface area contributed by atoms with E-state index in [1.54, 1.807) is 19.1 Å². The van der Waals surface area contributed by atoms with Crippen LogP contribution >= 0.6 is 12.4 Å². The first-order valence-electron chi connectivity index (χ1n) is 9.05. The number of methoxy groups -OCH3 is 2. The Hall–Kier alpha value is -1.99. The molecule has 0 aliphatic carbocycles. The number of benzene rings is 1. The molecule has 3 N–H and O–H groups in total. The zero-order valence-electron chi connectivity index (χ0n) is 16.0. The Bertz CT molecular complexity index is 627. The van der Waals surface area contributed by atoms with Gasteiger partial charge in [-0.1, -0.05) is 0 Å². The second-order valence-electron chi connectivity index (χ2n) is 6.44. The highest BCUT2D eigenvalue weighted by atomic mass is 35.5. The molecule has 1 fully saturated rings. The van der Waals surface area contributed by atoms with Crippen molar-refractivity contribution in [2.24, 2.45) is 11.7 Å². The second kappa shape index (κ2) is 11.7. The Kier molecular flexibility index (Phi) is 9.96. The number of amides is 2. The number of nitrogens with two attached hydrogens (primary N) is 1. The molecule has 1 aliphatic heterocycles. The molecular weight excluding hydrogens is 370 g/mol. The standard InChI is InChI=1S/C19H29N3O4.ClH/c1-25-16-6-7-17(26-2)14(12-16)5-8-18(23)22-11-3-4-15(13-22)19(24)21-10-9-20;/h6-7,12,15H,3-5,8-11,13,20H2,1-2H3,(H,21,24);1H. The van der Waals surface area contributed by atoms with Gasteiger partial charge in [0.1, 0.15) is 11.5 Å².